The molecule has 0 unspecified atom stereocenters. The van der Waals surface area contributed by atoms with Crippen LogP contribution in [0.15, 0.2) is 11.1 Å². The fourth-order valence-electron chi connectivity index (χ4n) is 3.73. The monoisotopic (exact) mass is 266 g/mol. The topological polar surface area (TPSA) is 27.7 Å². The molecule has 3 heteroatoms. The van der Waals surface area contributed by atoms with Gasteiger partial charge in [0, 0.05) is 5.41 Å². The lowest BCUT2D eigenvalue weighted by Crippen LogP contribution is -2.31. The Morgan fingerprint density at radius 2 is 1.89 bits per heavy atom. The van der Waals surface area contributed by atoms with E-state index in [2.05, 4.69) is 13.8 Å². The van der Waals surface area contributed by atoms with Crippen LogP contribution in [-0.2, 0) is 14.2 Å². The van der Waals surface area contributed by atoms with Gasteiger partial charge in [0.25, 0.3) is 0 Å². The van der Waals surface area contributed by atoms with Crippen molar-refractivity contribution >= 4 is 0 Å². The van der Waals surface area contributed by atoms with E-state index in [1.54, 1.807) is 11.1 Å². The Kier molecular flexibility index (Phi) is 3.27. The third-order valence-electron chi connectivity index (χ3n) is 5.08. The van der Waals surface area contributed by atoms with E-state index in [-0.39, 0.29) is 12.2 Å². The molecule has 19 heavy (non-hydrogen) atoms. The first-order valence-corrected chi connectivity index (χ1v) is 7.48. The first-order chi connectivity index (χ1) is 8.89. The van der Waals surface area contributed by atoms with Gasteiger partial charge in [0.05, 0.1) is 19.3 Å². The molecule has 108 valence electrons. The van der Waals surface area contributed by atoms with Crippen LogP contribution in [0, 0.1) is 5.41 Å². The van der Waals surface area contributed by atoms with Crippen molar-refractivity contribution in [2.75, 3.05) is 13.2 Å². The molecule has 0 aromatic carbocycles. The summed E-state index contributed by atoms with van der Waals surface area (Å²) in [6.07, 6.45) is 5.15. The number of rotatable bonds is 1. The Bertz CT molecular complexity index is 399. The van der Waals surface area contributed by atoms with Crippen molar-refractivity contribution in [1.29, 1.82) is 0 Å². The van der Waals surface area contributed by atoms with Gasteiger partial charge in [0.2, 0.25) is 0 Å². The summed E-state index contributed by atoms with van der Waals surface area (Å²) in [6, 6.07) is 0. The molecule has 3 nitrogen and oxygen atoms in total. The van der Waals surface area contributed by atoms with Gasteiger partial charge >= 0.3 is 0 Å². The minimum Gasteiger partial charge on any atom is -0.375 e. The van der Waals surface area contributed by atoms with Crippen LogP contribution >= 0.6 is 0 Å². The predicted molar refractivity (Wildman–Crippen MR) is 73.9 cm³/mol. The molecule has 3 aliphatic rings. The molecule has 0 aromatic heterocycles. The molecule has 0 amide bonds. The van der Waals surface area contributed by atoms with Gasteiger partial charge < -0.3 is 14.2 Å². The molecule has 2 fully saturated rings. The molecule has 1 aliphatic carbocycles. The van der Waals surface area contributed by atoms with Crippen LogP contribution in [0.5, 0.6) is 0 Å². The van der Waals surface area contributed by atoms with Crippen LogP contribution in [-0.4, -0.2) is 31.2 Å². The Morgan fingerprint density at radius 1 is 1.11 bits per heavy atom. The van der Waals surface area contributed by atoms with Crippen molar-refractivity contribution in [1.82, 2.24) is 0 Å². The quantitative estimate of drug-likeness (QED) is 0.680. The van der Waals surface area contributed by atoms with Crippen molar-refractivity contribution in [3.8, 4) is 0 Å². The van der Waals surface area contributed by atoms with E-state index in [1.165, 1.54) is 19.3 Å². The van der Waals surface area contributed by atoms with Crippen LogP contribution < -0.4 is 0 Å². The molecule has 0 aromatic rings. The summed E-state index contributed by atoms with van der Waals surface area (Å²) in [6.45, 7) is 10.1. The van der Waals surface area contributed by atoms with Crippen molar-refractivity contribution in [3.63, 3.8) is 0 Å². The van der Waals surface area contributed by atoms with Gasteiger partial charge in [-0.1, -0.05) is 11.1 Å². The number of hydrogen-bond acceptors (Lipinski definition) is 3. The van der Waals surface area contributed by atoms with Crippen molar-refractivity contribution in [2.45, 2.75) is 71.4 Å². The van der Waals surface area contributed by atoms with Crippen LogP contribution in [0.3, 0.4) is 0 Å². The van der Waals surface area contributed by atoms with Gasteiger partial charge in [-0.25, -0.2) is 0 Å². The van der Waals surface area contributed by atoms with Crippen LogP contribution in [0.25, 0.3) is 0 Å². The SMILES string of the molecule is CC1=C(C)C[C@]2(CC1)CO[C@@H]([C@H]1COC(C)(C)O1)C2. The van der Waals surface area contributed by atoms with Gasteiger partial charge in [-0.15, -0.1) is 0 Å². The van der Waals surface area contributed by atoms with Crippen LogP contribution in [0.1, 0.15) is 53.4 Å². The predicted octanol–water partition coefficient (Wildman–Crippen LogP) is 3.43. The standard InChI is InChI=1S/C16H26O3/c1-11-5-6-16(7-12(11)2)8-13(17-10-16)14-9-18-15(3,4)19-14/h13-14H,5-10H2,1-4H3/t13-,14-,16+/m1/s1. The molecule has 3 atom stereocenters. The Hall–Kier alpha value is -0.380. The Morgan fingerprint density at radius 3 is 2.53 bits per heavy atom. The highest BCUT2D eigenvalue weighted by Crippen LogP contribution is 2.48. The molecule has 3 rings (SSSR count). The van der Waals surface area contributed by atoms with Crippen molar-refractivity contribution in [2.24, 2.45) is 5.41 Å². The van der Waals surface area contributed by atoms with Crippen molar-refractivity contribution < 1.29 is 14.2 Å². The highest BCUT2D eigenvalue weighted by molar-refractivity contribution is 5.17. The Labute approximate surface area is 116 Å². The number of ether oxygens (including phenoxy) is 3. The van der Waals surface area contributed by atoms with E-state index in [0.717, 1.165) is 13.0 Å². The van der Waals surface area contributed by atoms with E-state index in [9.17, 15) is 0 Å². The van der Waals surface area contributed by atoms with Crippen LogP contribution in [0.4, 0.5) is 0 Å². The van der Waals surface area contributed by atoms with Gasteiger partial charge in [-0.3, -0.25) is 0 Å². The van der Waals surface area contributed by atoms with Gasteiger partial charge in [0.15, 0.2) is 5.79 Å². The molecule has 0 N–H and O–H groups in total. The molecule has 1 spiro atoms. The van der Waals surface area contributed by atoms with E-state index >= 15 is 0 Å². The summed E-state index contributed by atoms with van der Waals surface area (Å²) in [4.78, 5) is 0. The van der Waals surface area contributed by atoms with E-state index in [0.29, 0.717) is 12.0 Å². The maximum absolute atomic E-state index is 6.08. The average molecular weight is 266 g/mol. The Balaban J connectivity index is 1.65. The van der Waals surface area contributed by atoms with Gasteiger partial charge in [-0.05, 0) is 53.4 Å². The van der Waals surface area contributed by atoms with Gasteiger partial charge in [0.1, 0.15) is 6.10 Å². The maximum atomic E-state index is 6.08. The van der Waals surface area contributed by atoms with Crippen LogP contribution in [0.2, 0.25) is 0 Å². The largest absolute Gasteiger partial charge is 0.375 e. The fourth-order valence-corrected chi connectivity index (χ4v) is 3.73. The third-order valence-corrected chi connectivity index (χ3v) is 5.08. The summed E-state index contributed by atoms with van der Waals surface area (Å²) < 4.78 is 17.7. The summed E-state index contributed by atoms with van der Waals surface area (Å²) in [5.74, 6) is -0.442. The first kappa shape index (κ1) is 13.6. The molecular weight excluding hydrogens is 240 g/mol. The lowest BCUT2D eigenvalue weighted by atomic mass is 9.70. The zero-order valence-corrected chi connectivity index (χ0v) is 12.6. The molecule has 0 radical (unpaired) electrons. The highest BCUT2D eigenvalue weighted by Gasteiger charge is 2.47. The first-order valence-electron chi connectivity index (χ1n) is 7.48. The minimum atomic E-state index is -0.442. The normalized spacial score (nSPS) is 42.3. The summed E-state index contributed by atoms with van der Waals surface area (Å²) in [5.41, 5.74) is 3.51. The second-order valence-electron chi connectivity index (χ2n) is 7.16. The molecular formula is C16H26O3. The molecule has 2 saturated heterocycles. The van der Waals surface area contributed by atoms with E-state index in [4.69, 9.17) is 14.2 Å². The molecule has 2 heterocycles. The fraction of sp³-hybridized carbons (Fsp3) is 0.875. The second-order valence-corrected chi connectivity index (χ2v) is 7.16. The third kappa shape index (κ3) is 2.61. The van der Waals surface area contributed by atoms with E-state index < -0.39 is 5.79 Å². The maximum Gasteiger partial charge on any atom is 0.163 e. The average Bonchev–Trinajstić information content (AvgIpc) is 2.89. The number of hydrogen-bond donors (Lipinski definition) is 0. The van der Waals surface area contributed by atoms with Gasteiger partial charge in [-0.2, -0.15) is 0 Å². The molecule has 2 aliphatic heterocycles. The summed E-state index contributed by atoms with van der Waals surface area (Å²) in [5, 5.41) is 0. The zero-order valence-electron chi connectivity index (χ0n) is 12.6. The van der Waals surface area contributed by atoms with Crippen molar-refractivity contribution in [3.05, 3.63) is 11.1 Å². The highest BCUT2D eigenvalue weighted by atomic mass is 16.7. The lowest BCUT2D eigenvalue weighted by molar-refractivity contribution is -0.151. The van der Waals surface area contributed by atoms with E-state index in [1.807, 2.05) is 13.8 Å². The summed E-state index contributed by atoms with van der Waals surface area (Å²) >= 11 is 0. The smallest absolute Gasteiger partial charge is 0.163 e. The second kappa shape index (κ2) is 4.57. The number of allylic oxidation sites excluding steroid dienone is 2. The zero-order chi connectivity index (χ0) is 13.7. The lowest BCUT2D eigenvalue weighted by Gasteiger charge is -2.33. The molecule has 0 saturated carbocycles. The minimum absolute atomic E-state index is 0.113. The molecule has 0 bridgehead atoms. The summed E-state index contributed by atoms with van der Waals surface area (Å²) in [7, 11) is 0.